The highest BCUT2D eigenvalue weighted by Crippen LogP contribution is 2.38. The molecular weight excluding hydrogens is 154 g/mol. The first kappa shape index (κ1) is 7.86. The van der Waals surface area contributed by atoms with Crippen LogP contribution in [0.3, 0.4) is 0 Å². The lowest BCUT2D eigenvalue weighted by molar-refractivity contribution is 0.0937. The lowest BCUT2D eigenvalue weighted by Gasteiger charge is -2.15. The van der Waals surface area contributed by atoms with Gasteiger partial charge in [0.2, 0.25) is 0 Å². The largest absolute Gasteiger partial charge is 0.375 e. The van der Waals surface area contributed by atoms with Gasteiger partial charge in [0.1, 0.15) is 0 Å². The fourth-order valence-corrected chi connectivity index (χ4v) is 2.16. The number of rotatable bonds is 2. The van der Waals surface area contributed by atoms with E-state index in [-0.39, 0.29) is 5.96 Å². The molecule has 2 fully saturated rings. The molecule has 0 aliphatic carbocycles. The number of nitrogens with zero attached hydrogens (tertiary/aromatic N) is 1. The molecule has 0 saturated carbocycles. The summed E-state index contributed by atoms with van der Waals surface area (Å²) in [4.78, 5) is 4.02. The molecule has 3 atom stereocenters. The van der Waals surface area contributed by atoms with Crippen LogP contribution in [-0.4, -0.2) is 24.7 Å². The number of nitrogens with two attached hydrogens (primary N) is 2. The van der Waals surface area contributed by atoms with Crippen molar-refractivity contribution in [1.82, 2.24) is 0 Å². The maximum atomic E-state index is 5.67. The molecule has 4 N–H and O–H groups in total. The molecular formula is C8H15N3O. The first-order valence-electron chi connectivity index (χ1n) is 4.46. The molecule has 0 aromatic rings. The van der Waals surface area contributed by atoms with Gasteiger partial charge in [0.05, 0.1) is 12.2 Å². The molecule has 0 spiro atoms. The molecule has 0 aromatic carbocycles. The van der Waals surface area contributed by atoms with E-state index in [2.05, 4.69) is 4.99 Å². The molecule has 4 heteroatoms. The van der Waals surface area contributed by atoms with Crippen molar-refractivity contribution in [1.29, 1.82) is 0 Å². The Morgan fingerprint density at radius 1 is 1.42 bits per heavy atom. The molecule has 2 aliphatic heterocycles. The fourth-order valence-electron chi connectivity index (χ4n) is 2.16. The molecule has 0 radical (unpaired) electrons. The van der Waals surface area contributed by atoms with Gasteiger partial charge in [-0.05, 0) is 19.3 Å². The van der Waals surface area contributed by atoms with Crippen molar-refractivity contribution in [2.45, 2.75) is 31.5 Å². The molecule has 2 saturated heterocycles. The van der Waals surface area contributed by atoms with Crippen molar-refractivity contribution in [3.8, 4) is 0 Å². The Labute approximate surface area is 72.0 Å². The second-order valence-corrected chi connectivity index (χ2v) is 3.64. The Bertz CT molecular complexity index is 200. The number of guanidine groups is 1. The Morgan fingerprint density at radius 3 is 2.75 bits per heavy atom. The molecule has 0 unspecified atom stereocenters. The molecule has 2 aliphatic rings. The van der Waals surface area contributed by atoms with Gasteiger partial charge in [-0.3, -0.25) is 4.99 Å². The van der Waals surface area contributed by atoms with Crippen LogP contribution in [0.25, 0.3) is 0 Å². The van der Waals surface area contributed by atoms with Crippen LogP contribution in [0.2, 0.25) is 0 Å². The van der Waals surface area contributed by atoms with Gasteiger partial charge in [0.25, 0.3) is 0 Å². The zero-order chi connectivity index (χ0) is 8.55. The Hall–Kier alpha value is -0.770. The fraction of sp³-hybridized carbons (Fsp3) is 0.875. The quantitative estimate of drug-likeness (QED) is 0.445. The van der Waals surface area contributed by atoms with E-state index in [1.54, 1.807) is 0 Å². The summed E-state index contributed by atoms with van der Waals surface area (Å²) in [6.07, 6.45) is 4.48. The third kappa shape index (κ3) is 1.39. The van der Waals surface area contributed by atoms with E-state index in [0.717, 1.165) is 13.0 Å². The molecule has 2 rings (SSSR count). The standard InChI is InChI=1S/C8H15N3O/c9-8(10)11-4-5-3-6-1-2-7(5)12-6/h5-7H,1-4H2,(H4,9,10,11)/t5-,6-,7+/m0/s1. The summed E-state index contributed by atoms with van der Waals surface area (Å²) in [5.41, 5.74) is 10.5. The number of ether oxygens (including phenoxy) is 1. The lowest BCUT2D eigenvalue weighted by atomic mass is 9.89. The van der Waals surface area contributed by atoms with Crippen molar-refractivity contribution in [2.24, 2.45) is 22.4 Å². The first-order valence-corrected chi connectivity index (χ1v) is 4.46. The normalized spacial score (nSPS) is 38.5. The number of aliphatic imine (C=N–C) groups is 1. The van der Waals surface area contributed by atoms with Crippen molar-refractivity contribution in [2.75, 3.05) is 6.54 Å². The summed E-state index contributed by atoms with van der Waals surface area (Å²) in [6.45, 7) is 0.740. The molecule has 0 aromatic heterocycles. The summed E-state index contributed by atoms with van der Waals surface area (Å²) in [6, 6.07) is 0. The number of hydrogen-bond donors (Lipinski definition) is 2. The molecule has 0 amide bonds. The van der Waals surface area contributed by atoms with Crippen LogP contribution in [0.5, 0.6) is 0 Å². The van der Waals surface area contributed by atoms with Gasteiger partial charge in [0.15, 0.2) is 5.96 Å². The van der Waals surface area contributed by atoms with Crippen LogP contribution in [0.4, 0.5) is 0 Å². The Morgan fingerprint density at radius 2 is 2.25 bits per heavy atom. The van der Waals surface area contributed by atoms with Crippen molar-refractivity contribution in [3.05, 3.63) is 0 Å². The van der Waals surface area contributed by atoms with Crippen molar-refractivity contribution in [3.63, 3.8) is 0 Å². The summed E-state index contributed by atoms with van der Waals surface area (Å²) < 4.78 is 5.67. The van der Waals surface area contributed by atoms with Gasteiger partial charge < -0.3 is 16.2 Å². The van der Waals surface area contributed by atoms with E-state index in [4.69, 9.17) is 16.2 Å². The second kappa shape index (κ2) is 2.94. The third-order valence-electron chi connectivity index (χ3n) is 2.74. The average molecular weight is 169 g/mol. The summed E-state index contributed by atoms with van der Waals surface area (Å²) in [5.74, 6) is 0.753. The van der Waals surface area contributed by atoms with Gasteiger partial charge in [-0.2, -0.15) is 0 Å². The molecule has 12 heavy (non-hydrogen) atoms. The van der Waals surface area contributed by atoms with Gasteiger partial charge in [-0.15, -0.1) is 0 Å². The van der Waals surface area contributed by atoms with Gasteiger partial charge in [-0.1, -0.05) is 0 Å². The van der Waals surface area contributed by atoms with Crippen molar-refractivity contribution < 1.29 is 4.74 Å². The SMILES string of the molecule is NC(N)=NC[C@@H]1C[C@@H]2CC[C@H]1O2. The predicted octanol–water partition coefficient (Wildman–Crippen LogP) is -0.173. The van der Waals surface area contributed by atoms with Crippen LogP contribution in [0.1, 0.15) is 19.3 Å². The molecule has 2 bridgehead atoms. The zero-order valence-electron chi connectivity index (χ0n) is 7.07. The molecule has 4 nitrogen and oxygen atoms in total. The Balaban J connectivity index is 1.87. The first-order chi connectivity index (χ1) is 5.75. The highest BCUT2D eigenvalue weighted by atomic mass is 16.5. The topological polar surface area (TPSA) is 73.6 Å². The second-order valence-electron chi connectivity index (χ2n) is 3.64. The van der Waals surface area contributed by atoms with E-state index >= 15 is 0 Å². The number of fused-ring (bicyclic) bond motifs is 2. The van der Waals surface area contributed by atoms with E-state index < -0.39 is 0 Å². The van der Waals surface area contributed by atoms with E-state index in [9.17, 15) is 0 Å². The van der Waals surface area contributed by atoms with Crippen LogP contribution in [-0.2, 0) is 4.74 Å². The van der Waals surface area contributed by atoms with Gasteiger partial charge in [-0.25, -0.2) is 0 Å². The number of hydrogen-bond acceptors (Lipinski definition) is 2. The highest BCUT2D eigenvalue weighted by Gasteiger charge is 2.40. The van der Waals surface area contributed by atoms with Crippen LogP contribution >= 0.6 is 0 Å². The van der Waals surface area contributed by atoms with Crippen LogP contribution in [0, 0.1) is 5.92 Å². The maximum absolute atomic E-state index is 5.67. The van der Waals surface area contributed by atoms with E-state index in [0.29, 0.717) is 18.1 Å². The summed E-state index contributed by atoms with van der Waals surface area (Å²) in [7, 11) is 0. The third-order valence-corrected chi connectivity index (χ3v) is 2.74. The molecule has 2 heterocycles. The maximum Gasteiger partial charge on any atom is 0.185 e. The Kier molecular flexibility index (Phi) is 1.92. The predicted molar refractivity (Wildman–Crippen MR) is 46.7 cm³/mol. The average Bonchev–Trinajstić information content (AvgIpc) is 2.60. The summed E-state index contributed by atoms with van der Waals surface area (Å²) >= 11 is 0. The molecule has 68 valence electrons. The van der Waals surface area contributed by atoms with Gasteiger partial charge in [0, 0.05) is 12.5 Å². The monoisotopic (exact) mass is 169 g/mol. The highest BCUT2D eigenvalue weighted by molar-refractivity contribution is 5.75. The minimum Gasteiger partial charge on any atom is -0.375 e. The van der Waals surface area contributed by atoms with Crippen LogP contribution < -0.4 is 11.5 Å². The summed E-state index contributed by atoms with van der Waals surface area (Å²) in [5, 5.41) is 0. The van der Waals surface area contributed by atoms with E-state index in [1.807, 2.05) is 0 Å². The lowest BCUT2D eigenvalue weighted by Crippen LogP contribution is -2.26. The van der Waals surface area contributed by atoms with E-state index in [1.165, 1.54) is 12.8 Å². The van der Waals surface area contributed by atoms with Gasteiger partial charge >= 0.3 is 0 Å². The van der Waals surface area contributed by atoms with Crippen LogP contribution in [0.15, 0.2) is 4.99 Å². The smallest absolute Gasteiger partial charge is 0.185 e. The minimum absolute atomic E-state index is 0.192. The minimum atomic E-state index is 0.192. The van der Waals surface area contributed by atoms with Crippen molar-refractivity contribution >= 4 is 5.96 Å². The zero-order valence-corrected chi connectivity index (χ0v) is 7.07.